The Bertz CT molecular complexity index is 936. The predicted octanol–water partition coefficient (Wildman–Crippen LogP) is 3.00. The van der Waals surface area contributed by atoms with Gasteiger partial charge >= 0.3 is 0 Å². The highest BCUT2D eigenvalue weighted by Gasteiger charge is 2.42. The summed E-state index contributed by atoms with van der Waals surface area (Å²) in [6, 6.07) is 13.4. The van der Waals surface area contributed by atoms with Crippen LogP contribution in [0.15, 0.2) is 48.5 Å². The van der Waals surface area contributed by atoms with E-state index in [1.54, 1.807) is 18.2 Å². The normalized spacial score (nSPS) is 16.1. The Morgan fingerprint density at radius 2 is 1.71 bits per heavy atom. The van der Waals surface area contributed by atoms with Crippen LogP contribution in [-0.2, 0) is 32.5 Å². The van der Waals surface area contributed by atoms with Crippen LogP contribution in [0.3, 0.4) is 0 Å². The van der Waals surface area contributed by atoms with Gasteiger partial charge in [-0.05, 0) is 48.7 Å². The summed E-state index contributed by atoms with van der Waals surface area (Å²) >= 11 is 0. The molecule has 2 N–H and O–H groups in total. The van der Waals surface area contributed by atoms with Crippen LogP contribution in [0.1, 0.15) is 42.4 Å². The highest BCUT2D eigenvalue weighted by atomic mass is 32.2. The fraction of sp³-hybridized carbons (Fsp3) is 0.381. The number of hydrogen-bond acceptors (Lipinski definition) is 3. The highest BCUT2D eigenvalue weighted by molar-refractivity contribution is 7.88. The van der Waals surface area contributed by atoms with Crippen LogP contribution in [0.4, 0.5) is 4.39 Å². The summed E-state index contributed by atoms with van der Waals surface area (Å²) in [5.41, 5.74) is 1.61. The third kappa shape index (κ3) is 4.59. The molecule has 0 radical (unpaired) electrons. The third-order valence-corrected chi connectivity index (χ3v) is 6.75. The molecule has 150 valence electrons. The summed E-state index contributed by atoms with van der Waals surface area (Å²) in [7, 11) is -1.93. The summed E-state index contributed by atoms with van der Waals surface area (Å²) in [5.74, 6) is -0.500. The lowest BCUT2D eigenvalue weighted by molar-refractivity contribution is -0.126. The number of carbonyl (C=O) groups excluding carboxylic acids is 1. The van der Waals surface area contributed by atoms with Crippen LogP contribution < -0.4 is 10.0 Å². The number of carbonyl (C=O) groups is 1. The minimum absolute atomic E-state index is 0.0845. The van der Waals surface area contributed by atoms with E-state index in [0.29, 0.717) is 24.9 Å². The number of halogens is 1. The average molecular weight is 405 g/mol. The van der Waals surface area contributed by atoms with Gasteiger partial charge in [0.2, 0.25) is 15.9 Å². The summed E-state index contributed by atoms with van der Waals surface area (Å²) < 4.78 is 39.2. The molecule has 0 bridgehead atoms. The summed E-state index contributed by atoms with van der Waals surface area (Å²) in [4.78, 5) is 13.0. The van der Waals surface area contributed by atoms with Gasteiger partial charge in [0.1, 0.15) is 5.82 Å². The van der Waals surface area contributed by atoms with Crippen LogP contribution in [0, 0.1) is 5.82 Å². The first-order chi connectivity index (χ1) is 13.3. The standard InChI is InChI=1S/C21H25FN2O3S/c1-23-28(26,27)15-17-9-7-16(8-10-17)14-24-20(25)21(11-2-3-12-21)18-5-4-6-19(22)13-18/h4-10,13,23H,2-3,11-12,14-15H2,1H3,(H,24,25). The highest BCUT2D eigenvalue weighted by Crippen LogP contribution is 2.41. The van der Waals surface area contributed by atoms with Crippen molar-refractivity contribution in [3.63, 3.8) is 0 Å². The monoisotopic (exact) mass is 404 g/mol. The first-order valence-electron chi connectivity index (χ1n) is 9.38. The lowest BCUT2D eigenvalue weighted by atomic mass is 9.78. The number of rotatable bonds is 7. The fourth-order valence-corrected chi connectivity index (χ4v) is 4.58. The summed E-state index contributed by atoms with van der Waals surface area (Å²) in [6.07, 6.45) is 3.31. The van der Waals surface area contributed by atoms with E-state index < -0.39 is 15.4 Å². The van der Waals surface area contributed by atoms with Crippen LogP contribution in [0.5, 0.6) is 0 Å². The maximum absolute atomic E-state index is 13.7. The number of nitrogens with one attached hydrogen (secondary N) is 2. The quantitative estimate of drug-likeness (QED) is 0.745. The zero-order chi connectivity index (χ0) is 20.2. The van der Waals surface area contributed by atoms with E-state index >= 15 is 0 Å². The molecule has 1 amide bonds. The van der Waals surface area contributed by atoms with Crippen LogP contribution in [0.2, 0.25) is 0 Å². The predicted molar refractivity (Wildman–Crippen MR) is 107 cm³/mol. The molecule has 0 heterocycles. The first kappa shape index (κ1) is 20.5. The van der Waals surface area contributed by atoms with Crippen molar-refractivity contribution in [2.24, 2.45) is 0 Å². The van der Waals surface area contributed by atoms with Crippen molar-refractivity contribution in [3.05, 3.63) is 71.0 Å². The van der Waals surface area contributed by atoms with E-state index in [2.05, 4.69) is 10.0 Å². The molecule has 2 aromatic carbocycles. The van der Waals surface area contributed by atoms with E-state index in [9.17, 15) is 17.6 Å². The largest absolute Gasteiger partial charge is 0.351 e. The van der Waals surface area contributed by atoms with Gasteiger partial charge in [-0.15, -0.1) is 0 Å². The maximum Gasteiger partial charge on any atom is 0.230 e. The Hall–Kier alpha value is -2.25. The second kappa shape index (κ2) is 8.41. The molecule has 0 saturated heterocycles. The third-order valence-electron chi connectivity index (χ3n) is 5.41. The van der Waals surface area contributed by atoms with Crippen LogP contribution >= 0.6 is 0 Å². The molecule has 3 rings (SSSR count). The van der Waals surface area contributed by atoms with Gasteiger partial charge in [-0.1, -0.05) is 49.2 Å². The average Bonchev–Trinajstić information content (AvgIpc) is 3.18. The lowest BCUT2D eigenvalue weighted by Gasteiger charge is -2.28. The second-order valence-electron chi connectivity index (χ2n) is 7.26. The molecular weight excluding hydrogens is 379 g/mol. The Balaban J connectivity index is 1.68. The molecule has 1 aliphatic rings. The van der Waals surface area contributed by atoms with E-state index in [1.807, 2.05) is 18.2 Å². The Morgan fingerprint density at radius 1 is 1.07 bits per heavy atom. The minimum atomic E-state index is -3.31. The molecule has 5 nitrogen and oxygen atoms in total. The number of hydrogen-bond donors (Lipinski definition) is 2. The zero-order valence-corrected chi connectivity index (χ0v) is 16.7. The van der Waals surface area contributed by atoms with Gasteiger partial charge in [-0.3, -0.25) is 4.79 Å². The Morgan fingerprint density at radius 3 is 2.32 bits per heavy atom. The van der Waals surface area contributed by atoms with Crippen molar-refractivity contribution in [1.82, 2.24) is 10.0 Å². The van der Waals surface area contributed by atoms with Crippen LogP contribution in [0.25, 0.3) is 0 Å². The Labute approximate surface area is 165 Å². The molecule has 7 heteroatoms. The molecule has 1 fully saturated rings. The molecule has 2 aromatic rings. The van der Waals surface area contributed by atoms with Crippen LogP contribution in [-0.4, -0.2) is 21.4 Å². The van der Waals surface area contributed by atoms with Gasteiger partial charge in [0, 0.05) is 6.54 Å². The topological polar surface area (TPSA) is 75.3 Å². The second-order valence-corrected chi connectivity index (χ2v) is 9.19. The maximum atomic E-state index is 13.7. The van der Waals surface area contributed by atoms with Gasteiger partial charge < -0.3 is 5.32 Å². The molecule has 0 aliphatic heterocycles. The molecule has 1 aliphatic carbocycles. The number of sulfonamides is 1. The van der Waals surface area contributed by atoms with E-state index in [-0.39, 0.29) is 17.5 Å². The van der Waals surface area contributed by atoms with Crippen molar-refractivity contribution in [2.45, 2.75) is 43.4 Å². The van der Waals surface area contributed by atoms with Crippen molar-refractivity contribution in [3.8, 4) is 0 Å². The van der Waals surface area contributed by atoms with Gasteiger partial charge in [-0.25, -0.2) is 17.5 Å². The van der Waals surface area contributed by atoms with Crippen molar-refractivity contribution in [1.29, 1.82) is 0 Å². The van der Waals surface area contributed by atoms with Gasteiger partial charge in [-0.2, -0.15) is 0 Å². The molecule has 0 atom stereocenters. The van der Waals surface area contributed by atoms with E-state index in [1.165, 1.54) is 19.2 Å². The summed E-state index contributed by atoms with van der Waals surface area (Å²) in [5, 5.41) is 2.99. The van der Waals surface area contributed by atoms with E-state index in [0.717, 1.165) is 24.0 Å². The minimum Gasteiger partial charge on any atom is -0.351 e. The number of amides is 1. The molecule has 1 saturated carbocycles. The zero-order valence-electron chi connectivity index (χ0n) is 15.9. The molecule has 0 spiro atoms. The van der Waals surface area contributed by atoms with Gasteiger partial charge in [0.15, 0.2) is 0 Å². The first-order valence-corrected chi connectivity index (χ1v) is 11.0. The fourth-order valence-electron chi connectivity index (χ4n) is 3.81. The smallest absolute Gasteiger partial charge is 0.230 e. The summed E-state index contributed by atoms with van der Waals surface area (Å²) in [6.45, 7) is 0.342. The van der Waals surface area contributed by atoms with Gasteiger partial charge in [0.25, 0.3) is 0 Å². The SMILES string of the molecule is CNS(=O)(=O)Cc1ccc(CNC(=O)C2(c3cccc(F)c3)CCCC2)cc1. The molecule has 28 heavy (non-hydrogen) atoms. The molecule has 0 unspecified atom stereocenters. The number of benzene rings is 2. The molecule has 0 aromatic heterocycles. The lowest BCUT2D eigenvalue weighted by Crippen LogP contribution is -2.42. The molecular formula is C21H25FN2O3S. The van der Waals surface area contributed by atoms with Crippen molar-refractivity contribution in [2.75, 3.05) is 7.05 Å². The van der Waals surface area contributed by atoms with Gasteiger partial charge in [0.05, 0.1) is 11.2 Å². The van der Waals surface area contributed by atoms with Crippen molar-refractivity contribution < 1.29 is 17.6 Å². The Kier molecular flexibility index (Phi) is 6.15. The van der Waals surface area contributed by atoms with Crippen molar-refractivity contribution >= 4 is 15.9 Å². The van der Waals surface area contributed by atoms with E-state index in [4.69, 9.17) is 0 Å².